The molecule has 2 aromatic heterocycles. The van der Waals surface area contributed by atoms with Crippen molar-refractivity contribution in [2.24, 2.45) is 16.5 Å². The number of hydrogen-bond acceptors (Lipinski definition) is 8. The molecule has 9 nitrogen and oxygen atoms in total. The number of fused-ring (bicyclic) bond motifs is 2. The van der Waals surface area contributed by atoms with Gasteiger partial charge in [0, 0.05) is 49.6 Å². The third-order valence-electron chi connectivity index (χ3n) is 5.28. The van der Waals surface area contributed by atoms with Crippen molar-refractivity contribution >= 4 is 17.3 Å². The minimum atomic E-state index is -0.315. The van der Waals surface area contributed by atoms with E-state index < -0.39 is 0 Å². The molecule has 1 unspecified atom stereocenters. The first-order valence-electron chi connectivity index (χ1n) is 10.1. The third kappa shape index (κ3) is 3.86. The Morgan fingerprint density at radius 1 is 1.50 bits per heavy atom. The molecule has 10 heteroatoms. The average molecular weight is 434 g/mol. The normalized spacial score (nSPS) is 14.7. The highest BCUT2D eigenvalue weighted by molar-refractivity contribution is 6.12. The van der Waals surface area contributed by atoms with E-state index in [1.165, 1.54) is 12.1 Å². The Balaban J connectivity index is 1.76. The summed E-state index contributed by atoms with van der Waals surface area (Å²) in [6.45, 7) is 2.59. The summed E-state index contributed by atoms with van der Waals surface area (Å²) in [5.41, 5.74) is 15.4. The van der Waals surface area contributed by atoms with Gasteiger partial charge >= 0.3 is 0 Å². The van der Waals surface area contributed by atoms with Crippen LogP contribution in [0.15, 0.2) is 41.3 Å². The van der Waals surface area contributed by atoms with Gasteiger partial charge in [-0.05, 0) is 25.1 Å². The zero-order valence-corrected chi connectivity index (χ0v) is 17.8. The van der Waals surface area contributed by atoms with Crippen LogP contribution in [0.3, 0.4) is 0 Å². The van der Waals surface area contributed by atoms with Crippen LogP contribution in [-0.4, -0.2) is 33.7 Å². The molecule has 3 heterocycles. The van der Waals surface area contributed by atoms with E-state index in [9.17, 15) is 4.39 Å². The predicted molar refractivity (Wildman–Crippen MR) is 119 cm³/mol. The summed E-state index contributed by atoms with van der Waals surface area (Å²) in [6.07, 6.45) is 5.49. The number of nitrogens with one attached hydrogen (secondary N) is 1. The number of nitriles is 1. The van der Waals surface area contributed by atoms with Crippen LogP contribution in [0.1, 0.15) is 35.3 Å². The fraction of sp³-hybridized carbons (Fsp3) is 0.273. The minimum Gasteiger partial charge on any atom is -0.493 e. The highest BCUT2D eigenvalue weighted by Crippen LogP contribution is 2.30. The predicted octanol–water partition coefficient (Wildman–Crippen LogP) is 2.22. The molecule has 164 valence electrons. The van der Waals surface area contributed by atoms with Crippen molar-refractivity contribution in [1.82, 2.24) is 14.4 Å². The number of aromatic nitrogens is 3. The summed E-state index contributed by atoms with van der Waals surface area (Å²) in [5.74, 6) is 0.880. The second kappa shape index (κ2) is 8.64. The summed E-state index contributed by atoms with van der Waals surface area (Å²) >= 11 is 0. The van der Waals surface area contributed by atoms with E-state index in [2.05, 4.69) is 20.3 Å². The maximum atomic E-state index is 14.5. The lowest BCUT2D eigenvalue weighted by Gasteiger charge is -2.13. The van der Waals surface area contributed by atoms with E-state index in [1.54, 1.807) is 29.9 Å². The van der Waals surface area contributed by atoms with Crippen molar-refractivity contribution in [1.29, 1.82) is 5.26 Å². The Morgan fingerprint density at radius 3 is 3.03 bits per heavy atom. The van der Waals surface area contributed by atoms with Gasteiger partial charge in [-0.1, -0.05) is 0 Å². The van der Waals surface area contributed by atoms with Crippen LogP contribution >= 0.6 is 0 Å². The number of ether oxygens (including phenoxy) is 1. The van der Waals surface area contributed by atoms with Gasteiger partial charge in [0.05, 0.1) is 23.6 Å². The number of rotatable bonds is 6. The van der Waals surface area contributed by atoms with Gasteiger partial charge in [-0.15, -0.1) is 0 Å². The number of nitrogens with zero attached hydrogens (tertiary/aromatic N) is 5. The van der Waals surface area contributed by atoms with Crippen LogP contribution in [-0.2, 0) is 13.0 Å². The lowest BCUT2D eigenvalue weighted by molar-refractivity contribution is 0.356. The molecule has 0 aliphatic carbocycles. The van der Waals surface area contributed by atoms with Crippen LogP contribution < -0.4 is 21.5 Å². The maximum absolute atomic E-state index is 14.5. The number of nitrogens with two attached hydrogens (primary N) is 2. The largest absolute Gasteiger partial charge is 0.493 e. The highest BCUT2D eigenvalue weighted by atomic mass is 19.1. The SMILES string of the molecule is CN=C(C=C(N)C#N)c1cnc(NCc2c(F)ccc3c2CCO3)n2cc(C(C)N)nc12. The molecule has 0 bridgehead atoms. The quantitative estimate of drug-likeness (QED) is 0.399. The number of anilines is 1. The second-order valence-corrected chi connectivity index (χ2v) is 7.42. The summed E-state index contributed by atoms with van der Waals surface area (Å²) < 4.78 is 21.8. The molecule has 0 spiro atoms. The summed E-state index contributed by atoms with van der Waals surface area (Å²) in [5, 5.41) is 12.2. The van der Waals surface area contributed by atoms with Gasteiger partial charge in [-0.2, -0.15) is 5.26 Å². The molecule has 0 saturated carbocycles. The standard InChI is InChI=1S/C22H23FN8O/c1-12(25)19-11-31-21(30-19)16(18(27-2)7-13(26)8-24)10-29-22(31)28-9-15-14-5-6-32-20(14)4-3-17(15)23/h3-4,7,10-12H,5-6,9,25-26H2,1-2H3,(H,28,29). The van der Waals surface area contributed by atoms with E-state index >= 15 is 0 Å². The number of benzene rings is 1. The van der Waals surface area contributed by atoms with Crippen LogP contribution in [0.4, 0.5) is 10.3 Å². The van der Waals surface area contributed by atoms with Crippen molar-refractivity contribution in [3.8, 4) is 11.8 Å². The number of aliphatic imine (C=N–C) groups is 1. The number of imidazole rings is 1. The van der Waals surface area contributed by atoms with Crippen molar-refractivity contribution in [3.05, 3.63) is 64.5 Å². The van der Waals surface area contributed by atoms with E-state index in [0.717, 1.165) is 5.56 Å². The molecular formula is C22H23FN8O. The van der Waals surface area contributed by atoms with Crippen molar-refractivity contribution in [3.63, 3.8) is 0 Å². The lowest BCUT2D eigenvalue weighted by atomic mass is 10.0. The monoisotopic (exact) mass is 434 g/mol. The molecule has 3 aromatic rings. The smallest absolute Gasteiger partial charge is 0.208 e. The van der Waals surface area contributed by atoms with E-state index in [4.69, 9.17) is 21.5 Å². The van der Waals surface area contributed by atoms with Gasteiger partial charge in [0.15, 0.2) is 5.65 Å². The molecule has 0 radical (unpaired) electrons. The van der Waals surface area contributed by atoms with Crippen molar-refractivity contribution in [2.75, 3.05) is 19.0 Å². The Labute approximate surface area is 184 Å². The third-order valence-corrected chi connectivity index (χ3v) is 5.28. The first-order valence-corrected chi connectivity index (χ1v) is 10.1. The zero-order chi connectivity index (χ0) is 22.8. The molecule has 0 fully saturated rings. The summed E-state index contributed by atoms with van der Waals surface area (Å²) in [7, 11) is 1.59. The van der Waals surface area contributed by atoms with Gasteiger partial charge in [0.2, 0.25) is 5.95 Å². The molecule has 4 rings (SSSR count). The molecule has 0 saturated heterocycles. The fourth-order valence-corrected chi connectivity index (χ4v) is 3.64. The van der Waals surface area contributed by atoms with Crippen molar-refractivity contribution in [2.45, 2.75) is 25.9 Å². The van der Waals surface area contributed by atoms with Gasteiger partial charge in [0.25, 0.3) is 0 Å². The molecule has 1 atom stereocenters. The zero-order valence-electron chi connectivity index (χ0n) is 17.8. The highest BCUT2D eigenvalue weighted by Gasteiger charge is 2.21. The number of halogens is 1. The first-order chi connectivity index (χ1) is 15.4. The topological polar surface area (TPSA) is 140 Å². The van der Waals surface area contributed by atoms with Gasteiger partial charge in [0.1, 0.15) is 23.3 Å². The van der Waals surface area contributed by atoms with Gasteiger partial charge < -0.3 is 21.5 Å². The van der Waals surface area contributed by atoms with Gasteiger partial charge in [-0.25, -0.2) is 14.4 Å². The van der Waals surface area contributed by atoms with E-state index in [-0.39, 0.29) is 24.1 Å². The molecule has 32 heavy (non-hydrogen) atoms. The molecule has 1 aromatic carbocycles. The van der Waals surface area contributed by atoms with Crippen LogP contribution in [0.5, 0.6) is 5.75 Å². The molecule has 0 amide bonds. The second-order valence-electron chi connectivity index (χ2n) is 7.42. The Kier molecular flexibility index (Phi) is 5.75. The molecule has 5 N–H and O–H groups in total. The van der Waals surface area contributed by atoms with Gasteiger partial charge in [-0.3, -0.25) is 9.39 Å². The Hall–Kier alpha value is -3.97. The van der Waals surface area contributed by atoms with Crippen LogP contribution in [0.25, 0.3) is 5.65 Å². The number of allylic oxidation sites excluding steroid dienone is 2. The van der Waals surface area contributed by atoms with E-state index in [1.807, 2.05) is 13.0 Å². The van der Waals surface area contributed by atoms with Crippen LogP contribution in [0.2, 0.25) is 0 Å². The Bertz CT molecular complexity index is 1290. The first kappa shape index (κ1) is 21.3. The molecule has 1 aliphatic rings. The number of hydrogen-bond donors (Lipinski definition) is 3. The fourth-order valence-electron chi connectivity index (χ4n) is 3.64. The molecular weight excluding hydrogens is 411 g/mol. The van der Waals surface area contributed by atoms with Crippen LogP contribution in [0, 0.1) is 17.1 Å². The summed E-state index contributed by atoms with van der Waals surface area (Å²) in [6, 6.07) is 4.63. The maximum Gasteiger partial charge on any atom is 0.208 e. The molecule has 1 aliphatic heterocycles. The minimum absolute atomic E-state index is 0.0144. The Morgan fingerprint density at radius 2 is 2.31 bits per heavy atom. The lowest BCUT2D eigenvalue weighted by Crippen LogP contribution is -2.12. The van der Waals surface area contributed by atoms with E-state index in [0.29, 0.717) is 52.9 Å². The van der Waals surface area contributed by atoms with Crippen molar-refractivity contribution < 1.29 is 9.13 Å². The average Bonchev–Trinajstić information content (AvgIpc) is 3.44. The summed E-state index contributed by atoms with van der Waals surface area (Å²) in [4.78, 5) is 13.4.